The Morgan fingerprint density at radius 3 is 2.94 bits per heavy atom. The van der Waals surface area contributed by atoms with Crippen molar-refractivity contribution in [3.05, 3.63) is 33.1 Å². The summed E-state index contributed by atoms with van der Waals surface area (Å²) in [7, 11) is 1.59. The van der Waals surface area contributed by atoms with Gasteiger partial charge >= 0.3 is 5.69 Å². The van der Waals surface area contributed by atoms with Gasteiger partial charge in [-0.2, -0.15) is 0 Å². The van der Waals surface area contributed by atoms with Crippen LogP contribution in [0.1, 0.15) is 6.42 Å². The van der Waals surface area contributed by atoms with E-state index >= 15 is 0 Å². The monoisotopic (exact) mass is 241 g/mol. The van der Waals surface area contributed by atoms with Crippen molar-refractivity contribution in [2.24, 2.45) is 0 Å². The van der Waals surface area contributed by atoms with Gasteiger partial charge in [0.15, 0.2) is 0 Å². The van der Waals surface area contributed by atoms with Crippen molar-refractivity contribution in [2.75, 3.05) is 20.3 Å². The van der Waals surface area contributed by atoms with Crippen molar-refractivity contribution in [1.82, 2.24) is 14.9 Å². The molecule has 0 fully saturated rings. The molecule has 7 nitrogen and oxygen atoms in total. The predicted octanol–water partition coefficient (Wildman–Crippen LogP) is -1.31. The van der Waals surface area contributed by atoms with E-state index in [4.69, 9.17) is 4.74 Å². The molecular formula is C10H15N3O4. The number of nitrogens with one attached hydrogen (secondary N) is 2. The van der Waals surface area contributed by atoms with Crippen LogP contribution in [-0.2, 0) is 16.1 Å². The van der Waals surface area contributed by atoms with Gasteiger partial charge in [-0.1, -0.05) is 0 Å². The van der Waals surface area contributed by atoms with E-state index in [1.165, 1.54) is 12.3 Å². The summed E-state index contributed by atoms with van der Waals surface area (Å²) in [4.78, 5) is 35.5. The number of carbonyl (C=O) groups is 1. The van der Waals surface area contributed by atoms with Crippen molar-refractivity contribution in [3.8, 4) is 0 Å². The summed E-state index contributed by atoms with van der Waals surface area (Å²) in [6.45, 7) is 0.951. The van der Waals surface area contributed by atoms with E-state index in [1.807, 2.05) is 0 Å². The summed E-state index contributed by atoms with van der Waals surface area (Å²) in [5.74, 6) is -0.282. The molecule has 94 valence electrons. The first-order valence-electron chi connectivity index (χ1n) is 5.19. The van der Waals surface area contributed by atoms with E-state index in [0.717, 1.165) is 4.57 Å². The highest BCUT2D eigenvalue weighted by Crippen LogP contribution is 1.80. The van der Waals surface area contributed by atoms with Crippen LogP contribution < -0.4 is 16.6 Å². The second-order valence-corrected chi connectivity index (χ2v) is 3.43. The van der Waals surface area contributed by atoms with Crippen molar-refractivity contribution >= 4 is 5.91 Å². The second-order valence-electron chi connectivity index (χ2n) is 3.43. The van der Waals surface area contributed by atoms with Gasteiger partial charge < -0.3 is 10.1 Å². The number of nitrogens with zero attached hydrogens (tertiary/aromatic N) is 1. The number of aromatic amines is 1. The first kappa shape index (κ1) is 13.2. The highest BCUT2D eigenvalue weighted by atomic mass is 16.5. The molecule has 1 rings (SSSR count). The Morgan fingerprint density at radius 2 is 2.29 bits per heavy atom. The van der Waals surface area contributed by atoms with Crippen LogP contribution >= 0.6 is 0 Å². The summed E-state index contributed by atoms with van der Waals surface area (Å²) < 4.78 is 5.96. The summed E-state index contributed by atoms with van der Waals surface area (Å²) in [6.07, 6.45) is 2.00. The number of hydrogen-bond donors (Lipinski definition) is 2. The molecule has 0 aromatic carbocycles. The zero-order chi connectivity index (χ0) is 12.7. The molecule has 1 heterocycles. The standard InChI is InChI=1S/C10H15N3O4/c1-17-6-2-4-11-9(15)7-13-5-3-8(14)12-10(13)16/h3,5H,2,4,6-7H2,1H3,(H,11,15)(H,12,14,16). The first-order valence-corrected chi connectivity index (χ1v) is 5.19. The molecule has 0 aliphatic carbocycles. The molecule has 0 aliphatic heterocycles. The van der Waals surface area contributed by atoms with Crippen molar-refractivity contribution < 1.29 is 9.53 Å². The van der Waals surface area contributed by atoms with Crippen LogP contribution in [-0.4, -0.2) is 35.7 Å². The Morgan fingerprint density at radius 1 is 1.53 bits per heavy atom. The molecule has 0 unspecified atom stereocenters. The molecule has 0 aliphatic rings. The van der Waals surface area contributed by atoms with E-state index in [0.29, 0.717) is 19.6 Å². The average molecular weight is 241 g/mol. The summed E-state index contributed by atoms with van der Waals surface area (Å²) in [5, 5.41) is 2.64. The van der Waals surface area contributed by atoms with Gasteiger partial charge in [-0.15, -0.1) is 0 Å². The van der Waals surface area contributed by atoms with Gasteiger partial charge in [0.25, 0.3) is 5.56 Å². The largest absolute Gasteiger partial charge is 0.385 e. The maximum Gasteiger partial charge on any atom is 0.328 e. The number of H-pyrrole nitrogens is 1. The Balaban J connectivity index is 2.45. The molecule has 0 bridgehead atoms. The first-order chi connectivity index (χ1) is 8.13. The zero-order valence-corrected chi connectivity index (χ0v) is 9.56. The van der Waals surface area contributed by atoms with Gasteiger partial charge in [0, 0.05) is 32.5 Å². The van der Waals surface area contributed by atoms with Crippen LogP contribution in [0.15, 0.2) is 21.9 Å². The molecule has 0 radical (unpaired) electrons. The molecule has 0 atom stereocenters. The molecule has 2 N–H and O–H groups in total. The third-order valence-electron chi connectivity index (χ3n) is 2.06. The maximum atomic E-state index is 11.4. The number of hydrogen-bond acceptors (Lipinski definition) is 4. The molecular weight excluding hydrogens is 226 g/mol. The minimum absolute atomic E-state index is 0.109. The summed E-state index contributed by atoms with van der Waals surface area (Å²) in [5.41, 5.74) is -1.07. The SMILES string of the molecule is COCCCNC(=O)Cn1ccc(=O)[nH]c1=O. The van der Waals surface area contributed by atoms with Gasteiger partial charge in [0.2, 0.25) is 5.91 Å². The lowest BCUT2D eigenvalue weighted by Gasteiger charge is -2.06. The molecule has 0 spiro atoms. The van der Waals surface area contributed by atoms with Gasteiger partial charge in [-0.05, 0) is 6.42 Å². The van der Waals surface area contributed by atoms with Gasteiger partial charge in [-0.3, -0.25) is 19.1 Å². The van der Waals surface area contributed by atoms with Crippen LogP contribution in [0, 0.1) is 0 Å². The molecule has 0 saturated heterocycles. The number of ether oxygens (including phenoxy) is 1. The molecule has 1 aromatic rings. The molecule has 7 heteroatoms. The number of amides is 1. The molecule has 0 saturated carbocycles. The smallest absolute Gasteiger partial charge is 0.328 e. The van der Waals surface area contributed by atoms with Crippen LogP contribution in [0.3, 0.4) is 0 Å². The van der Waals surface area contributed by atoms with E-state index < -0.39 is 11.2 Å². The number of aromatic nitrogens is 2. The van der Waals surface area contributed by atoms with E-state index in [2.05, 4.69) is 10.3 Å². The van der Waals surface area contributed by atoms with Crippen LogP contribution in [0.2, 0.25) is 0 Å². The average Bonchev–Trinajstić information content (AvgIpc) is 2.28. The fourth-order valence-electron chi connectivity index (χ4n) is 1.22. The van der Waals surface area contributed by atoms with Crippen LogP contribution in [0.5, 0.6) is 0 Å². The maximum absolute atomic E-state index is 11.4. The Bertz CT molecular complexity index is 477. The lowest BCUT2D eigenvalue weighted by Crippen LogP contribution is -2.35. The Hall–Kier alpha value is -1.89. The zero-order valence-electron chi connectivity index (χ0n) is 9.56. The van der Waals surface area contributed by atoms with E-state index in [-0.39, 0.29) is 12.5 Å². The minimum Gasteiger partial charge on any atom is -0.385 e. The third kappa shape index (κ3) is 4.64. The highest BCUT2D eigenvalue weighted by molar-refractivity contribution is 5.75. The third-order valence-corrected chi connectivity index (χ3v) is 2.06. The van der Waals surface area contributed by atoms with E-state index in [1.54, 1.807) is 7.11 Å². The van der Waals surface area contributed by atoms with Crippen LogP contribution in [0.4, 0.5) is 0 Å². The minimum atomic E-state index is -0.593. The topological polar surface area (TPSA) is 93.2 Å². The highest BCUT2D eigenvalue weighted by Gasteiger charge is 2.03. The van der Waals surface area contributed by atoms with Crippen molar-refractivity contribution in [2.45, 2.75) is 13.0 Å². The predicted molar refractivity (Wildman–Crippen MR) is 60.8 cm³/mol. The normalized spacial score (nSPS) is 10.2. The lowest BCUT2D eigenvalue weighted by molar-refractivity contribution is -0.121. The van der Waals surface area contributed by atoms with Gasteiger partial charge in [0.1, 0.15) is 6.54 Å². The Labute approximate surface area is 97.4 Å². The van der Waals surface area contributed by atoms with Crippen molar-refractivity contribution in [1.29, 1.82) is 0 Å². The summed E-state index contributed by atoms with van der Waals surface area (Å²) in [6, 6.07) is 1.19. The lowest BCUT2D eigenvalue weighted by atomic mass is 10.4. The van der Waals surface area contributed by atoms with Gasteiger partial charge in [0.05, 0.1) is 0 Å². The summed E-state index contributed by atoms with van der Waals surface area (Å²) >= 11 is 0. The fourth-order valence-corrected chi connectivity index (χ4v) is 1.22. The molecule has 17 heavy (non-hydrogen) atoms. The molecule has 1 amide bonds. The van der Waals surface area contributed by atoms with E-state index in [9.17, 15) is 14.4 Å². The van der Waals surface area contributed by atoms with Crippen LogP contribution in [0.25, 0.3) is 0 Å². The Kier molecular flexibility index (Phi) is 5.15. The fraction of sp³-hybridized carbons (Fsp3) is 0.500. The second kappa shape index (κ2) is 6.64. The number of rotatable bonds is 6. The van der Waals surface area contributed by atoms with Crippen molar-refractivity contribution in [3.63, 3.8) is 0 Å². The van der Waals surface area contributed by atoms with Gasteiger partial charge in [-0.25, -0.2) is 4.79 Å². The quantitative estimate of drug-likeness (QED) is 0.605. The number of methoxy groups -OCH3 is 1. The number of carbonyl (C=O) groups excluding carboxylic acids is 1. The molecule has 1 aromatic heterocycles.